The molecule has 0 saturated carbocycles. The molecule has 6 heteroatoms. The fourth-order valence-electron chi connectivity index (χ4n) is 1.40. The Hall–Kier alpha value is -2.37. The summed E-state index contributed by atoms with van der Waals surface area (Å²) >= 11 is 0. The Morgan fingerprint density at radius 1 is 1.33 bits per heavy atom. The predicted molar refractivity (Wildman–Crippen MR) is 63.4 cm³/mol. The molecule has 0 unspecified atom stereocenters. The first kappa shape index (κ1) is 12.1. The molecule has 2 rings (SSSR count). The number of ether oxygens (including phenoxy) is 2. The average Bonchev–Trinajstić information content (AvgIpc) is 2.85. The quantitative estimate of drug-likeness (QED) is 0.763. The second kappa shape index (κ2) is 5.31. The second-order valence-electron chi connectivity index (χ2n) is 3.63. The van der Waals surface area contributed by atoms with Crippen LogP contribution in [-0.4, -0.2) is 28.1 Å². The van der Waals surface area contributed by atoms with Gasteiger partial charge < -0.3 is 9.47 Å². The van der Waals surface area contributed by atoms with Crippen molar-refractivity contribution in [1.82, 2.24) is 15.0 Å². The highest BCUT2D eigenvalue weighted by atomic mass is 16.5. The maximum Gasteiger partial charge on any atom is 0.303 e. The van der Waals surface area contributed by atoms with Crippen LogP contribution >= 0.6 is 0 Å². The van der Waals surface area contributed by atoms with Gasteiger partial charge in [-0.25, -0.2) is 4.68 Å². The van der Waals surface area contributed by atoms with Gasteiger partial charge in [-0.1, -0.05) is 5.21 Å². The average molecular weight is 247 g/mol. The molecular formula is C12H13N3O3. The van der Waals surface area contributed by atoms with E-state index in [1.54, 1.807) is 18.0 Å². The number of esters is 1. The van der Waals surface area contributed by atoms with Crippen molar-refractivity contribution < 1.29 is 14.3 Å². The van der Waals surface area contributed by atoms with E-state index in [9.17, 15) is 4.79 Å². The van der Waals surface area contributed by atoms with E-state index in [1.807, 2.05) is 24.3 Å². The van der Waals surface area contributed by atoms with Crippen LogP contribution in [0.15, 0.2) is 30.5 Å². The normalized spacial score (nSPS) is 10.1. The molecule has 0 bridgehead atoms. The van der Waals surface area contributed by atoms with Gasteiger partial charge in [0, 0.05) is 6.92 Å². The number of rotatable bonds is 4. The van der Waals surface area contributed by atoms with E-state index < -0.39 is 0 Å². The zero-order valence-electron chi connectivity index (χ0n) is 10.2. The lowest BCUT2D eigenvalue weighted by molar-refractivity contribution is -0.142. The summed E-state index contributed by atoms with van der Waals surface area (Å²) in [7, 11) is 1.61. The third-order valence-corrected chi connectivity index (χ3v) is 2.30. The van der Waals surface area contributed by atoms with Gasteiger partial charge >= 0.3 is 5.97 Å². The van der Waals surface area contributed by atoms with Crippen LogP contribution in [0.3, 0.4) is 0 Å². The summed E-state index contributed by atoms with van der Waals surface area (Å²) in [4.78, 5) is 10.7. The van der Waals surface area contributed by atoms with Gasteiger partial charge in [0.1, 0.15) is 18.1 Å². The third kappa shape index (κ3) is 2.85. The van der Waals surface area contributed by atoms with Gasteiger partial charge in [0.05, 0.1) is 19.0 Å². The summed E-state index contributed by atoms with van der Waals surface area (Å²) in [6, 6.07) is 7.40. The molecule has 94 valence electrons. The highest BCUT2D eigenvalue weighted by molar-refractivity contribution is 5.65. The standard InChI is InChI=1S/C12H13N3O3/c1-9(16)18-8-10-7-15(14-13-10)11-3-5-12(17-2)6-4-11/h3-7H,8H2,1-2H3. The molecule has 1 aromatic carbocycles. The van der Waals surface area contributed by atoms with Crippen LogP contribution in [0.2, 0.25) is 0 Å². The second-order valence-corrected chi connectivity index (χ2v) is 3.63. The predicted octanol–water partition coefficient (Wildman–Crippen LogP) is 1.34. The summed E-state index contributed by atoms with van der Waals surface area (Å²) in [5.74, 6) is 0.438. The van der Waals surface area contributed by atoms with Gasteiger partial charge in [0.25, 0.3) is 0 Å². The zero-order valence-corrected chi connectivity index (χ0v) is 10.2. The van der Waals surface area contributed by atoms with Crippen LogP contribution in [0.25, 0.3) is 5.69 Å². The first-order valence-corrected chi connectivity index (χ1v) is 5.38. The smallest absolute Gasteiger partial charge is 0.303 e. The van der Waals surface area contributed by atoms with Crippen molar-refractivity contribution in [3.8, 4) is 11.4 Å². The SMILES string of the molecule is COc1ccc(-n2cc(COC(C)=O)nn2)cc1. The zero-order chi connectivity index (χ0) is 13.0. The van der Waals surface area contributed by atoms with Crippen molar-refractivity contribution in [2.45, 2.75) is 13.5 Å². The summed E-state index contributed by atoms with van der Waals surface area (Å²) in [6.45, 7) is 1.49. The van der Waals surface area contributed by atoms with Crippen molar-refractivity contribution in [2.75, 3.05) is 7.11 Å². The Bertz CT molecular complexity index is 534. The van der Waals surface area contributed by atoms with Gasteiger partial charge in [0.15, 0.2) is 0 Å². The lowest BCUT2D eigenvalue weighted by Crippen LogP contribution is -1.98. The molecule has 18 heavy (non-hydrogen) atoms. The fourth-order valence-corrected chi connectivity index (χ4v) is 1.40. The number of carbonyl (C=O) groups is 1. The molecule has 0 aliphatic heterocycles. The van der Waals surface area contributed by atoms with Crippen LogP contribution < -0.4 is 4.74 Å². The van der Waals surface area contributed by atoms with E-state index in [4.69, 9.17) is 9.47 Å². The molecule has 0 atom stereocenters. The molecular weight excluding hydrogens is 234 g/mol. The largest absolute Gasteiger partial charge is 0.497 e. The number of benzene rings is 1. The van der Waals surface area contributed by atoms with Crippen LogP contribution in [0.5, 0.6) is 5.75 Å². The van der Waals surface area contributed by atoms with Gasteiger partial charge in [-0.15, -0.1) is 5.10 Å². The molecule has 6 nitrogen and oxygen atoms in total. The van der Waals surface area contributed by atoms with Crippen molar-refractivity contribution >= 4 is 5.97 Å². The maximum atomic E-state index is 10.7. The summed E-state index contributed by atoms with van der Waals surface area (Å²) in [6.07, 6.45) is 1.71. The number of nitrogens with zero attached hydrogens (tertiary/aromatic N) is 3. The minimum atomic E-state index is -0.339. The van der Waals surface area contributed by atoms with E-state index in [0.29, 0.717) is 5.69 Å². The van der Waals surface area contributed by atoms with E-state index >= 15 is 0 Å². The number of carbonyl (C=O) groups excluding carboxylic acids is 1. The minimum absolute atomic E-state index is 0.130. The maximum absolute atomic E-state index is 10.7. The molecule has 2 aromatic rings. The van der Waals surface area contributed by atoms with Crippen molar-refractivity contribution in [1.29, 1.82) is 0 Å². The lowest BCUT2D eigenvalue weighted by atomic mass is 10.3. The molecule has 0 radical (unpaired) electrons. The van der Waals surface area contributed by atoms with Gasteiger partial charge in [-0.3, -0.25) is 4.79 Å². The van der Waals surface area contributed by atoms with E-state index in [-0.39, 0.29) is 12.6 Å². The fraction of sp³-hybridized carbons (Fsp3) is 0.250. The Labute approximate surface area is 104 Å². The Morgan fingerprint density at radius 3 is 2.67 bits per heavy atom. The minimum Gasteiger partial charge on any atom is -0.497 e. The first-order valence-electron chi connectivity index (χ1n) is 5.38. The third-order valence-electron chi connectivity index (χ3n) is 2.30. The molecule has 0 N–H and O–H groups in total. The van der Waals surface area contributed by atoms with Crippen molar-refractivity contribution in [2.24, 2.45) is 0 Å². The highest BCUT2D eigenvalue weighted by Crippen LogP contribution is 2.14. The topological polar surface area (TPSA) is 66.2 Å². The van der Waals surface area contributed by atoms with Crippen LogP contribution in [0, 0.1) is 0 Å². The van der Waals surface area contributed by atoms with Gasteiger partial charge in [0.2, 0.25) is 0 Å². The lowest BCUT2D eigenvalue weighted by Gasteiger charge is -2.02. The van der Waals surface area contributed by atoms with E-state index in [2.05, 4.69) is 10.3 Å². The molecule has 1 aromatic heterocycles. The number of methoxy groups -OCH3 is 1. The van der Waals surface area contributed by atoms with Gasteiger partial charge in [-0.2, -0.15) is 0 Å². The number of hydrogen-bond donors (Lipinski definition) is 0. The Balaban J connectivity index is 2.10. The molecule has 0 aliphatic carbocycles. The Morgan fingerprint density at radius 2 is 2.06 bits per heavy atom. The van der Waals surface area contributed by atoms with E-state index in [1.165, 1.54) is 6.92 Å². The van der Waals surface area contributed by atoms with E-state index in [0.717, 1.165) is 11.4 Å². The molecule has 0 aliphatic rings. The molecule has 1 heterocycles. The Kier molecular flexibility index (Phi) is 3.57. The highest BCUT2D eigenvalue weighted by Gasteiger charge is 2.04. The first-order chi connectivity index (χ1) is 8.69. The summed E-state index contributed by atoms with van der Waals surface area (Å²) in [5.41, 5.74) is 1.46. The summed E-state index contributed by atoms with van der Waals surface area (Å²) in [5, 5.41) is 7.87. The molecule has 0 amide bonds. The monoisotopic (exact) mass is 247 g/mol. The van der Waals surface area contributed by atoms with Gasteiger partial charge in [-0.05, 0) is 24.3 Å². The van der Waals surface area contributed by atoms with Crippen LogP contribution in [-0.2, 0) is 16.1 Å². The van der Waals surface area contributed by atoms with Crippen LogP contribution in [0.4, 0.5) is 0 Å². The van der Waals surface area contributed by atoms with Crippen molar-refractivity contribution in [3.63, 3.8) is 0 Å². The molecule has 0 saturated heterocycles. The van der Waals surface area contributed by atoms with Crippen molar-refractivity contribution in [3.05, 3.63) is 36.2 Å². The number of hydrogen-bond acceptors (Lipinski definition) is 5. The molecule has 0 spiro atoms. The molecule has 0 fully saturated rings. The summed E-state index contributed by atoms with van der Waals surface area (Å²) < 4.78 is 11.5. The number of aromatic nitrogens is 3. The van der Waals surface area contributed by atoms with Crippen LogP contribution in [0.1, 0.15) is 12.6 Å².